The lowest BCUT2D eigenvalue weighted by molar-refractivity contribution is 1.32. The number of H-pyrrole nitrogens is 1. The molecule has 0 spiro atoms. The number of nitroso groups, excluding NO2 is 1. The monoisotopic (exact) mass is 238 g/mol. The van der Waals surface area contributed by atoms with Crippen molar-refractivity contribution in [1.82, 2.24) is 9.97 Å². The molecule has 2 N–H and O–H groups in total. The molecule has 0 saturated carbocycles. The fourth-order valence-electron chi connectivity index (χ4n) is 1.83. The molecule has 0 aliphatic carbocycles. The third-order valence-corrected chi connectivity index (χ3v) is 2.71. The van der Waals surface area contributed by atoms with Crippen LogP contribution in [-0.4, -0.2) is 9.97 Å². The minimum absolute atomic E-state index is 0.419. The molecular weight excluding hydrogens is 228 g/mol. The van der Waals surface area contributed by atoms with Crippen molar-refractivity contribution < 1.29 is 0 Å². The first-order valence-electron chi connectivity index (χ1n) is 5.49. The predicted molar refractivity (Wildman–Crippen MR) is 71.3 cm³/mol. The van der Waals surface area contributed by atoms with Crippen molar-refractivity contribution in [3.8, 4) is 0 Å². The Bertz CT molecular complexity index is 688. The zero-order valence-electron chi connectivity index (χ0n) is 9.42. The minimum atomic E-state index is 0.419. The fraction of sp³-hybridized carbons (Fsp3) is 0. The maximum atomic E-state index is 10.3. The molecule has 3 rings (SSSR count). The molecule has 5 heteroatoms. The van der Waals surface area contributed by atoms with Crippen molar-refractivity contribution in [2.24, 2.45) is 5.18 Å². The van der Waals surface area contributed by atoms with Crippen molar-refractivity contribution in [2.75, 3.05) is 5.32 Å². The minimum Gasteiger partial charge on any atom is -0.355 e. The normalized spacial score (nSPS) is 10.4. The molecule has 0 atom stereocenters. The lowest BCUT2D eigenvalue weighted by Crippen LogP contribution is -1.91. The van der Waals surface area contributed by atoms with Gasteiger partial charge in [0.15, 0.2) is 0 Å². The molecule has 0 amide bonds. The zero-order chi connectivity index (χ0) is 12.4. The number of aromatic nitrogens is 2. The third kappa shape index (κ3) is 1.82. The number of hydrogen-bond acceptors (Lipinski definition) is 4. The molecule has 0 radical (unpaired) electrons. The Labute approximate surface area is 103 Å². The van der Waals surface area contributed by atoms with E-state index >= 15 is 0 Å². The first kappa shape index (κ1) is 10.5. The van der Waals surface area contributed by atoms with E-state index in [0.717, 1.165) is 22.4 Å². The summed E-state index contributed by atoms with van der Waals surface area (Å²) in [6.07, 6.45) is 3.59. The van der Waals surface area contributed by atoms with Gasteiger partial charge in [0.1, 0.15) is 11.3 Å². The summed E-state index contributed by atoms with van der Waals surface area (Å²) in [7, 11) is 0. The molecule has 0 aliphatic rings. The van der Waals surface area contributed by atoms with Gasteiger partial charge in [0, 0.05) is 23.5 Å². The van der Waals surface area contributed by atoms with Gasteiger partial charge < -0.3 is 10.3 Å². The van der Waals surface area contributed by atoms with Crippen LogP contribution in [0.4, 0.5) is 17.1 Å². The van der Waals surface area contributed by atoms with E-state index < -0.39 is 0 Å². The van der Waals surface area contributed by atoms with Crippen molar-refractivity contribution in [3.63, 3.8) is 0 Å². The molecule has 1 aromatic carbocycles. The quantitative estimate of drug-likeness (QED) is 0.683. The van der Waals surface area contributed by atoms with E-state index in [0.29, 0.717) is 5.69 Å². The molecule has 5 nitrogen and oxygen atoms in total. The Morgan fingerprint density at radius 2 is 1.94 bits per heavy atom. The number of anilines is 2. The topological polar surface area (TPSA) is 70.1 Å². The zero-order valence-corrected chi connectivity index (χ0v) is 9.42. The van der Waals surface area contributed by atoms with Crippen LogP contribution in [-0.2, 0) is 0 Å². The lowest BCUT2D eigenvalue weighted by Gasteiger charge is -2.07. The Hall–Kier alpha value is -2.69. The predicted octanol–water partition coefficient (Wildman–Crippen LogP) is 3.70. The third-order valence-electron chi connectivity index (χ3n) is 2.71. The summed E-state index contributed by atoms with van der Waals surface area (Å²) in [5.41, 5.74) is 3.12. The second-order valence-electron chi connectivity index (χ2n) is 3.86. The van der Waals surface area contributed by atoms with Crippen molar-refractivity contribution in [1.29, 1.82) is 0 Å². The van der Waals surface area contributed by atoms with E-state index in [1.54, 1.807) is 18.3 Å². The first-order valence-corrected chi connectivity index (χ1v) is 5.49. The van der Waals surface area contributed by atoms with Crippen LogP contribution in [0.5, 0.6) is 0 Å². The van der Waals surface area contributed by atoms with Crippen LogP contribution >= 0.6 is 0 Å². The van der Waals surface area contributed by atoms with Gasteiger partial charge in [-0.15, -0.1) is 4.91 Å². The second-order valence-corrected chi connectivity index (χ2v) is 3.86. The molecule has 2 aromatic heterocycles. The SMILES string of the molecule is O=Nc1ccc(Nc2ccnc3[nH]ccc23)cc1. The van der Waals surface area contributed by atoms with Crippen LogP contribution in [0.15, 0.2) is 54.0 Å². The maximum Gasteiger partial charge on any atom is 0.139 e. The second kappa shape index (κ2) is 4.29. The van der Waals surface area contributed by atoms with Gasteiger partial charge in [0.2, 0.25) is 0 Å². The highest BCUT2D eigenvalue weighted by Crippen LogP contribution is 2.25. The number of nitrogens with one attached hydrogen (secondary N) is 2. The van der Waals surface area contributed by atoms with Crippen LogP contribution in [0.2, 0.25) is 0 Å². The van der Waals surface area contributed by atoms with Crippen LogP contribution < -0.4 is 5.32 Å². The summed E-state index contributed by atoms with van der Waals surface area (Å²) in [4.78, 5) is 17.6. The molecule has 0 unspecified atom stereocenters. The van der Waals surface area contributed by atoms with Crippen LogP contribution in [0.3, 0.4) is 0 Å². The number of fused-ring (bicyclic) bond motifs is 1. The van der Waals surface area contributed by atoms with Crippen LogP contribution in [0.25, 0.3) is 11.0 Å². The average Bonchev–Trinajstić information content (AvgIpc) is 2.89. The van der Waals surface area contributed by atoms with E-state index in [4.69, 9.17) is 0 Å². The number of aromatic amines is 1. The smallest absolute Gasteiger partial charge is 0.139 e. The number of nitrogens with zero attached hydrogens (tertiary/aromatic N) is 2. The molecule has 0 bridgehead atoms. The van der Waals surface area contributed by atoms with E-state index in [2.05, 4.69) is 20.5 Å². The number of benzene rings is 1. The first-order chi connectivity index (χ1) is 8.86. The summed E-state index contributed by atoms with van der Waals surface area (Å²) in [5, 5.41) is 7.17. The Morgan fingerprint density at radius 3 is 2.72 bits per heavy atom. The summed E-state index contributed by atoms with van der Waals surface area (Å²) in [6, 6.07) is 10.8. The fourth-order valence-corrected chi connectivity index (χ4v) is 1.83. The standard InChI is InChI=1S/C13H10N4O/c18-17-10-3-1-9(2-4-10)16-12-6-8-15-13-11(12)5-7-14-13/h1-8H,(H2,14,15,16). The van der Waals surface area contributed by atoms with Crippen LogP contribution in [0.1, 0.15) is 0 Å². The largest absolute Gasteiger partial charge is 0.355 e. The Kier molecular flexibility index (Phi) is 2.49. The van der Waals surface area contributed by atoms with Gasteiger partial charge >= 0.3 is 0 Å². The highest BCUT2D eigenvalue weighted by Gasteiger charge is 2.02. The van der Waals surface area contributed by atoms with Crippen LogP contribution in [0, 0.1) is 4.91 Å². The van der Waals surface area contributed by atoms with Gasteiger partial charge in [-0.25, -0.2) is 4.98 Å². The van der Waals surface area contributed by atoms with Gasteiger partial charge in [0.25, 0.3) is 0 Å². The van der Waals surface area contributed by atoms with Gasteiger partial charge in [0.05, 0.1) is 5.69 Å². The molecule has 0 fully saturated rings. The summed E-state index contributed by atoms with van der Waals surface area (Å²) in [5.74, 6) is 0. The van der Waals surface area contributed by atoms with Gasteiger partial charge in [-0.2, -0.15) is 0 Å². The van der Waals surface area contributed by atoms with Gasteiger partial charge in [-0.05, 0) is 41.6 Å². The van der Waals surface area contributed by atoms with E-state index in [1.807, 2.05) is 30.5 Å². The lowest BCUT2D eigenvalue weighted by atomic mass is 10.2. The summed E-state index contributed by atoms with van der Waals surface area (Å²) < 4.78 is 0. The highest BCUT2D eigenvalue weighted by atomic mass is 16.3. The summed E-state index contributed by atoms with van der Waals surface area (Å²) in [6.45, 7) is 0. The Morgan fingerprint density at radius 1 is 1.11 bits per heavy atom. The Balaban J connectivity index is 1.95. The molecular formula is C13H10N4O. The molecule has 0 saturated heterocycles. The van der Waals surface area contributed by atoms with Crippen molar-refractivity contribution >= 4 is 28.1 Å². The number of hydrogen-bond donors (Lipinski definition) is 2. The maximum absolute atomic E-state index is 10.3. The highest BCUT2D eigenvalue weighted by molar-refractivity contribution is 5.91. The number of pyridine rings is 1. The van der Waals surface area contributed by atoms with Crippen molar-refractivity contribution in [3.05, 3.63) is 53.7 Å². The number of rotatable bonds is 3. The van der Waals surface area contributed by atoms with Crippen molar-refractivity contribution in [2.45, 2.75) is 0 Å². The van der Waals surface area contributed by atoms with E-state index in [9.17, 15) is 4.91 Å². The molecule has 2 heterocycles. The van der Waals surface area contributed by atoms with E-state index in [1.165, 1.54) is 0 Å². The van der Waals surface area contributed by atoms with E-state index in [-0.39, 0.29) is 0 Å². The molecule has 18 heavy (non-hydrogen) atoms. The van der Waals surface area contributed by atoms with Gasteiger partial charge in [-0.1, -0.05) is 0 Å². The molecule has 88 valence electrons. The molecule has 3 aromatic rings. The van der Waals surface area contributed by atoms with Gasteiger partial charge in [-0.3, -0.25) is 0 Å². The molecule has 0 aliphatic heterocycles. The summed E-state index contributed by atoms with van der Waals surface area (Å²) >= 11 is 0. The average molecular weight is 238 g/mol.